The number of hydrogen-bond donors (Lipinski definition) is 0. The molecule has 0 N–H and O–H groups in total. The second kappa shape index (κ2) is 7.87. The van der Waals surface area contributed by atoms with Gasteiger partial charge in [-0.1, -0.05) is 35.5 Å². The largest absolute Gasteiger partial charge is 0.459 e. The van der Waals surface area contributed by atoms with Crippen LogP contribution in [0.5, 0.6) is 0 Å². The zero-order valence-corrected chi connectivity index (χ0v) is 15.8. The molecule has 0 aliphatic carbocycles. The van der Waals surface area contributed by atoms with Crippen LogP contribution in [0.25, 0.3) is 11.3 Å². The molecular formula is C22H19FN2O4. The lowest BCUT2D eigenvalue weighted by atomic mass is 10.1. The molecule has 1 fully saturated rings. The monoisotopic (exact) mass is 394 g/mol. The predicted molar refractivity (Wildman–Crippen MR) is 103 cm³/mol. The molecular weight excluding hydrogens is 375 g/mol. The molecule has 1 aromatic heterocycles. The van der Waals surface area contributed by atoms with Crippen molar-refractivity contribution in [3.63, 3.8) is 0 Å². The molecule has 29 heavy (non-hydrogen) atoms. The van der Waals surface area contributed by atoms with E-state index in [2.05, 4.69) is 5.16 Å². The van der Waals surface area contributed by atoms with E-state index in [0.717, 1.165) is 11.3 Å². The minimum absolute atomic E-state index is 0.104. The van der Waals surface area contributed by atoms with Gasteiger partial charge in [-0.25, -0.2) is 4.39 Å². The van der Waals surface area contributed by atoms with Gasteiger partial charge in [0.25, 0.3) is 0 Å². The highest BCUT2D eigenvalue weighted by Crippen LogP contribution is 2.29. The summed E-state index contributed by atoms with van der Waals surface area (Å²) in [5.41, 5.74) is 2.43. The summed E-state index contributed by atoms with van der Waals surface area (Å²) >= 11 is 0. The molecule has 0 spiro atoms. The van der Waals surface area contributed by atoms with Crippen molar-refractivity contribution in [1.82, 2.24) is 5.16 Å². The van der Waals surface area contributed by atoms with Gasteiger partial charge >= 0.3 is 5.97 Å². The maximum atomic E-state index is 13.8. The van der Waals surface area contributed by atoms with Gasteiger partial charge in [0.2, 0.25) is 5.91 Å². The van der Waals surface area contributed by atoms with Crippen LogP contribution in [-0.4, -0.2) is 23.6 Å². The number of benzene rings is 2. The van der Waals surface area contributed by atoms with E-state index in [1.54, 1.807) is 23.1 Å². The summed E-state index contributed by atoms with van der Waals surface area (Å²) in [4.78, 5) is 26.4. The minimum atomic E-state index is -0.542. The average Bonchev–Trinajstić information content (AvgIpc) is 3.34. The van der Waals surface area contributed by atoms with Crippen LogP contribution < -0.4 is 4.90 Å². The lowest BCUT2D eigenvalue weighted by Gasteiger charge is -2.18. The first-order chi connectivity index (χ1) is 14.0. The number of anilines is 1. The first kappa shape index (κ1) is 18.9. The van der Waals surface area contributed by atoms with Gasteiger partial charge in [-0.3, -0.25) is 9.59 Å². The number of para-hydroxylation sites is 1. The van der Waals surface area contributed by atoms with Gasteiger partial charge in [0.15, 0.2) is 5.76 Å². The van der Waals surface area contributed by atoms with Crippen molar-refractivity contribution in [2.45, 2.75) is 20.0 Å². The van der Waals surface area contributed by atoms with Crippen LogP contribution in [0, 0.1) is 18.7 Å². The van der Waals surface area contributed by atoms with E-state index in [1.165, 1.54) is 12.1 Å². The normalized spacial score (nSPS) is 16.3. The number of aromatic nitrogens is 1. The number of hydrogen-bond acceptors (Lipinski definition) is 5. The highest BCUT2D eigenvalue weighted by atomic mass is 19.1. The van der Waals surface area contributed by atoms with Crippen molar-refractivity contribution in [3.05, 3.63) is 71.7 Å². The molecule has 0 saturated carbocycles. The second-order valence-electron chi connectivity index (χ2n) is 6.96. The lowest BCUT2D eigenvalue weighted by molar-refractivity contribution is -0.149. The maximum absolute atomic E-state index is 13.8. The quantitative estimate of drug-likeness (QED) is 0.614. The number of ether oxygens (including phenoxy) is 1. The Labute approximate surface area is 166 Å². The van der Waals surface area contributed by atoms with Crippen molar-refractivity contribution in [2.24, 2.45) is 5.92 Å². The fraction of sp³-hybridized carbons (Fsp3) is 0.227. The summed E-state index contributed by atoms with van der Waals surface area (Å²) in [5.74, 6) is -1.28. The Morgan fingerprint density at radius 3 is 2.79 bits per heavy atom. The number of aryl methyl sites for hydroxylation is 1. The molecule has 0 bridgehead atoms. The third-order valence-corrected chi connectivity index (χ3v) is 4.93. The van der Waals surface area contributed by atoms with Crippen molar-refractivity contribution in [2.75, 3.05) is 11.4 Å². The first-order valence-corrected chi connectivity index (χ1v) is 9.26. The van der Waals surface area contributed by atoms with E-state index in [-0.39, 0.29) is 36.8 Å². The van der Waals surface area contributed by atoms with Gasteiger partial charge in [-0.15, -0.1) is 0 Å². The van der Waals surface area contributed by atoms with Gasteiger partial charge in [-0.2, -0.15) is 0 Å². The third kappa shape index (κ3) is 3.89. The van der Waals surface area contributed by atoms with E-state index >= 15 is 0 Å². The van der Waals surface area contributed by atoms with Gasteiger partial charge in [0.1, 0.15) is 18.1 Å². The van der Waals surface area contributed by atoms with Crippen LogP contribution in [0.3, 0.4) is 0 Å². The minimum Gasteiger partial charge on any atom is -0.459 e. The molecule has 148 valence electrons. The summed E-state index contributed by atoms with van der Waals surface area (Å²) in [6, 6.07) is 15.3. The van der Waals surface area contributed by atoms with Crippen LogP contribution in [0.1, 0.15) is 17.7 Å². The molecule has 3 aromatic rings. The zero-order chi connectivity index (χ0) is 20.4. The van der Waals surface area contributed by atoms with Crippen molar-refractivity contribution < 1.29 is 23.2 Å². The van der Waals surface area contributed by atoms with Crippen molar-refractivity contribution >= 4 is 17.6 Å². The second-order valence-corrected chi connectivity index (χ2v) is 6.96. The molecule has 0 radical (unpaired) electrons. The fourth-order valence-corrected chi connectivity index (χ4v) is 3.40. The molecule has 2 heterocycles. The lowest BCUT2D eigenvalue weighted by Crippen LogP contribution is -2.27. The Morgan fingerprint density at radius 1 is 1.24 bits per heavy atom. The fourth-order valence-electron chi connectivity index (χ4n) is 3.40. The molecule has 6 nitrogen and oxygen atoms in total. The van der Waals surface area contributed by atoms with Crippen LogP contribution in [-0.2, 0) is 20.9 Å². The number of halogens is 1. The van der Waals surface area contributed by atoms with E-state index in [9.17, 15) is 14.0 Å². The Balaban J connectivity index is 1.38. The topological polar surface area (TPSA) is 72.6 Å². The SMILES string of the molecule is Cc1ccccc1N1CC(C(=O)OCc2cc(-c3ccccc3F)on2)CC1=O. The molecule has 1 saturated heterocycles. The number of nitrogens with zero attached hydrogens (tertiary/aromatic N) is 2. The average molecular weight is 394 g/mol. The number of carbonyl (C=O) groups is 2. The molecule has 2 aromatic carbocycles. The van der Waals surface area contributed by atoms with Crippen LogP contribution >= 0.6 is 0 Å². The molecule has 1 aliphatic heterocycles. The Bertz CT molecular complexity index is 1060. The summed E-state index contributed by atoms with van der Waals surface area (Å²) in [7, 11) is 0. The summed E-state index contributed by atoms with van der Waals surface area (Å²) in [6.45, 7) is 2.10. The third-order valence-electron chi connectivity index (χ3n) is 4.93. The Morgan fingerprint density at radius 2 is 2.00 bits per heavy atom. The zero-order valence-electron chi connectivity index (χ0n) is 15.8. The van der Waals surface area contributed by atoms with Gasteiger partial charge in [0.05, 0.1) is 11.5 Å². The standard InChI is InChI=1S/C22H19FN2O4/c1-14-6-2-5-9-19(14)25-12-15(10-21(25)26)22(27)28-13-16-11-20(29-24-16)17-7-3-4-8-18(17)23/h2-9,11,15H,10,12-13H2,1H3. The number of rotatable bonds is 5. The maximum Gasteiger partial charge on any atom is 0.311 e. The smallest absolute Gasteiger partial charge is 0.311 e. The van der Waals surface area contributed by atoms with Crippen LogP contribution in [0.2, 0.25) is 0 Å². The van der Waals surface area contributed by atoms with E-state index in [4.69, 9.17) is 9.26 Å². The molecule has 4 rings (SSSR count). The highest BCUT2D eigenvalue weighted by Gasteiger charge is 2.36. The molecule has 1 unspecified atom stereocenters. The van der Waals surface area contributed by atoms with Gasteiger partial charge < -0.3 is 14.2 Å². The summed E-state index contributed by atoms with van der Waals surface area (Å²) < 4.78 is 24.3. The van der Waals surface area contributed by atoms with Crippen molar-refractivity contribution in [3.8, 4) is 11.3 Å². The van der Waals surface area contributed by atoms with Crippen LogP contribution in [0.4, 0.5) is 10.1 Å². The van der Waals surface area contributed by atoms with E-state index < -0.39 is 17.7 Å². The van der Waals surface area contributed by atoms with E-state index in [0.29, 0.717) is 5.69 Å². The van der Waals surface area contributed by atoms with Crippen molar-refractivity contribution in [1.29, 1.82) is 0 Å². The molecule has 1 atom stereocenters. The Hall–Kier alpha value is -3.48. The molecule has 7 heteroatoms. The molecule has 1 amide bonds. The summed E-state index contributed by atoms with van der Waals surface area (Å²) in [5, 5.41) is 3.83. The number of esters is 1. The predicted octanol–water partition coefficient (Wildman–Crippen LogP) is 3.89. The molecule has 1 aliphatic rings. The number of carbonyl (C=O) groups excluding carboxylic acids is 2. The van der Waals surface area contributed by atoms with Crippen LogP contribution in [0.15, 0.2) is 59.1 Å². The summed E-state index contributed by atoms with van der Waals surface area (Å²) in [6.07, 6.45) is 0.104. The Kier molecular flexibility index (Phi) is 5.12. The van der Waals surface area contributed by atoms with Gasteiger partial charge in [0, 0.05) is 24.7 Å². The first-order valence-electron chi connectivity index (χ1n) is 9.26. The highest BCUT2D eigenvalue weighted by molar-refractivity contribution is 6.00. The van der Waals surface area contributed by atoms with E-state index in [1.807, 2.05) is 31.2 Å². The van der Waals surface area contributed by atoms with Gasteiger partial charge in [-0.05, 0) is 30.7 Å². The number of amides is 1.